The van der Waals surface area contributed by atoms with Crippen molar-refractivity contribution in [1.82, 2.24) is 4.98 Å². The molecule has 0 radical (unpaired) electrons. The minimum absolute atomic E-state index is 0.253. The van der Waals surface area contributed by atoms with Gasteiger partial charge in [-0.05, 0) is 73.7 Å². The number of methoxy groups -OCH3 is 1. The van der Waals surface area contributed by atoms with Gasteiger partial charge in [-0.15, -0.1) is 0 Å². The average molecular weight is 725 g/mol. The van der Waals surface area contributed by atoms with Crippen LogP contribution in [0.1, 0.15) is 33.6 Å². The van der Waals surface area contributed by atoms with E-state index in [1.807, 2.05) is 0 Å². The fraction of sp³-hybridized carbons (Fsp3) is 0.219. The molecule has 3 atom stereocenters. The number of esters is 1. The maximum Gasteiger partial charge on any atom is 0.338 e. The lowest BCUT2D eigenvalue weighted by molar-refractivity contribution is -0.122. The summed E-state index contributed by atoms with van der Waals surface area (Å²) < 4.78 is 16.9. The van der Waals surface area contributed by atoms with Crippen molar-refractivity contribution in [1.29, 1.82) is 0 Å². The first-order valence-electron chi connectivity index (χ1n) is 14.1. The van der Waals surface area contributed by atoms with E-state index in [9.17, 15) is 24.0 Å². The van der Waals surface area contributed by atoms with Gasteiger partial charge < -0.3 is 24.5 Å². The number of hydrogen-bond acceptors (Lipinski definition) is 10. The summed E-state index contributed by atoms with van der Waals surface area (Å²) in [5.74, 6) is -2.36. The number of nitrogens with zero attached hydrogens (tertiary/aromatic N) is 1. The van der Waals surface area contributed by atoms with Crippen LogP contribution < -0.4 is 24.6 Å². The molecule has 14 heteroatoms. The van der Waals surface area contributed by atoms with E-state index in [1.165, 1.54) is 23.8 Å². The number of thioether (sulfide) groups is 1. The van der Waals surface area contributed by atoms with E-state index < -0.39 is 40.8 Å². The molecule has 2 aliphatic rings. The van der Waals surface area contributed by atoms with E-state index in [2.05, 4.69) is 26.2 Å². The summed E-state index contributed by atoms with van der Waals surface area (Å²) in [6, 6.07) is 18.1. The van der Waals surface area contributed by atoms with Gasteiger partial charge in [0.15, 0.2) is 6.61 Å². The number of benzene rings is 3. The van der Waals surface area contributed by atoms with Gasteiger partial charge in [0, 0.05) is 26.5 Å². The largest absolute Gasteiger partial charge is 0.497 e. The first-order chi connectivity index (χ1) is 22.2. The quantitative estimate of drug-likeness (QED) is 0.176. The van der Waals surface area contributed by atoms with Crippen molar-refractivity contribution in [3.8, 4) is 11.5 Å². The standard InChI is InChI=1S/C32H26BrN3O8S2/c1-3-43-31(40)16-4-7-18(8-5-16)34-23(37)15-44-22-13-6-17(33)14-21(22)24-25-27(45-28-26(24)46-32(41)35-28)30(39)36(29(25)38)19-9-11-20(42-2)12-10-19/h4-14,24-25,27H,3,15H2,1-2H3,(H,34,37)(H,35,41). The molecule has 1 fully saturated rings. The SMILES string of the molecule is CCOC(=O)c1ccc(NC(=O)COc2ccc(Br)cc2C2c3sc(=O)[nH]c3SC3C(=O)N(c4ccc(OC)cc4)C(=O)C32)cc1. The van der Waals surface area contributed by atoms with Crippen LogP contribution in [0.5, 0.6) is 11.5 Å². The highest BCUT2D eigenvalue weighted by atomic mass is 79.9. The molecule has 0 spiro atoms. The van der Waals surface area contributed by atoms with Crippen LogP contribution in [0.15, 0.2) is 81.0 Å². The van der Waals surface area contributed by atoms with Crippen LogP contribution in [0.25, 0.3) is 0 Å². The number of aromatic nitrogens is 1. The summed E-state index contributed by atoms with van der Waals surface area (Å²) in [7, 11) is 1.53. The maximum absolute atomic E-state index is 14.1. The third-order valence-electron chi connectivity index (χ3n) is 7.50. The van der Waals surface area contributed by atoms with Gasteiger partial charge in [-0.25, -0.2) is 9.69 Å². The number of aromatic amines is 1. The molecular formula is C32H26BrN3O8S2. The van der Waals surface area contributed by atoms with Gasteiger partial charge in [0.1, 0.15) is 16.7 Å². The van der Waals surface area contributed by atoms with Crippen LogP contribution in [0.4, 0.5) is 11.4 Å². The molecule has 0 aliphatic carbocycles. The van der Waals surface area contributed by atoms with Crippen molar-refractivity contribution in [3.63, 3.8) is 0 Å². The van der Waals surface area contributed by atoms with Crippen molar-refractivity contribution in [3.05, 3.63) is 96.9 Å². The number of imide groups is 1. The molecule has 4 aromatic rings. The van der Waals surface area contributed by atoms with E-state index in [-0.39, 0.29) is 18.1 Å². The predicted octanol–water partition coefficient (Wildman–Crippen LogP) is 5.20. The van der Waals surface area contributed by atoms with E-state index >= 15 is 0 Å². The molecule has 11 nitrogen and oxygen atoms in total. The minimum Gasteiger partial charge on any atom is -0.497 e. The molecule has 3 aromatic carbocycles. The van der Waals surface area contributed by atoms with Gasteiger partial charge >= 0.3 is 10.8 Å². The Morgan fingerprint density at radius 3 is 2.43 bits per heavy atom. The number of carbonyl (C=O) groups excluding carboxylic acids is 4. The number of anilines is 2. The van der Waals surface area contributed by atoms with Gasteiger partial charge in [0.2, 0.25) is 11.8 Å². The Labute approximate surface area is 279 Å². The number of ether oxygens (including phenoxy) is 3. The number of nitrogens with one attached hydrogen (secondary N) is 2. The van der Waals surface area contributed by atoms with Crippen molar-refractivity contribution in [2.75, 3.05) is 30.5 Å². The number of H-pyrrole nitrogens is 1. The van der Waals surface area contributed by atoms with Crippen LogP contribution in [0, 0.1) is 5.92 Å². The third-order valence-corrected chi connectivity index (χ3v) is 10.4. The van der Waals surface area contributed by atoms with Crippen LogP contribution in [-0.4, -0.2) is 54.2 Å². The highest BCUT2D eigenvalue weighted by Crippen LogP contribution is 2.54. The van der Waals surface area contributed by atoms with Crippen molar-refractivity contribution in [2.45, 2.75) is 23.1 Å². The Bertz CT molecular complexity index is 1890. The van der Waals surface area contributed by atoms with E-state index in [0.29, 0.717) is 48.4 Å². The molecule has 3 unspecified atom stereocenters. The fourth-order valence-corrected chi connectivity index (χ4v) is 8.36. The van der Waals surface area contributed by atoms with Crippen molar-refractivity contribution in [2.24, 2.45) is 5.92 Å². The Morgan fingerprint density at radius 2 is 1.74 bits per heavy atom. The lowest BCUT2D eigenvalue weighted by Crippen LogP contribution is -2.32. The second-order valence-corrected chi connectivity index (χ2v) is 13.4. The predicted molar refractivity (Wildman–Crippen MR) is 176 cm³/mol. The highest BCUT2D eigenvalue weighted by Gasteiger charge is 2.56. The number of rotatable bonds is 9. The summed E-state index contributed by atoms with van der Waals surface area (Å²) in [5, 5.41) is 2.46. The molecule has 3 heterocycles. The van der Waals surface area contributed by atoms with Gasteiger partial charge in [0.05, 0.1) is 35.9 Å². The minimum atomic E-state index is -0.845. The molecule has 0 bridgehead atoms. The molecule has 2 N–H and O–H groups in total. The molecule has 1 aromatic heterocycles. The first-order valence-corrected chi connectivity index (χ1v) is 16.6. The molecule has 1 saturated heterocycles. The summed E-state index contributed by atoms with van der Waals surface area (Å²) >= 11 is 5.66. The Hall–Kier alpha value is -4.40. The molecule has 3 amide bonds. The molecular weight excluding hydrogens is 698 g/mol. The Balaban J connectivity index is 1.28. The van der Waals surface area contributed by atoms with E-state index in [4.69, 9.17) is 14.2 Å². The van der Waals surface area contributed by atoms with Crippen LogP contribution >= 0.6 is 39.0 Å². The number of carbonyl (C=O) groups is 4. The van der Waals surface area contributed by atoms with Crippen LogP contribution in [-0.2, 0) is 19.1 Å². The fourth-order valence-electron chi connectivity index (χ4n) is 5.48. The Kier molecular flexibility index (Phi) is 9.02. The zero-order valence-electron chi connectivity index (χ0n) is 24.4. The zero-order chi connectivity index (χ0) is 32.5. The maximum atomic E-state index is 14.1. The lowest BCUT2D eigenvalue weighted by atomic mass is 9.82. The van der Waals surface area contributed by atoms with E-state index in [1.54, 1.807) is 73.7 Å². The summed E-state index contributed by atoms with van der Waals surface area (Å²) in [6.07, 6.45) is 0. The van der Waals surface area contributed by atoms with Gasteiger partial charge in [0.25, 0.3) is 5.91 Å². The van der Waals surface area contributed by atoms with Gasteiger partial charge in [-0.3, -0.25) is 19.2 Å². The highest BCUT2D eigenvalue weighted by molar-refractivity contribution is 9.10. The van der Waals surface area contributed by atoms with E-state index in [0.717, 1.165) is 11.3 Å². The van der Waals surface area contributed by atoms with Crippen LogP contribution in [0.2, 0.25) is 0 Å². The smallest absolute Gasteiger partial charge is 0.338 e. The first kappa shape index (κ1) is 31.6. The molecule has 0 saturated carbocycles. The second-order valence-electron chi connectivity index (χ2n) is 10.3. The summed E-state index contributed by atoms with van der Waals surface area (Å²) in [5.41, 5.74) is 1.78. The zero-order valence-corrected chi connectivity index (χ0v) is 27.6. The van der Waals surface area contributed by atoms with Crippen LogP contribution in [0.3, 0.4) is 0 Å². The third kappa shape index (κ3) is 6.07. The number of thiazole rings is 1. The number of hydrogen-bond donors (Lipinski definition) is 2. The monoisotopic (exact) mass is 723 g/mol. The van der Waals surface area contributed by atoms with Crippen molar-refractivity contribution >= 4 is 74.1 Å². The second kappa shape index (κ2) is 13.1. The topological polar surface area (TPSA) is 144 Å². The number of amides is 3. The summed E-state index contributed by atoms with van der Waals surface area (Å²) in [6.45, 7) is 1.60. The normalized spacial score (nSPS) is 18.5. The number of fused-ring (bicyclic) bond motifs is 2. The van der Waals surface area contributed by atoms with Crippen molar-refractivity contribution < 1.29 is 33.4 Å². The molecule has 6 rings (SSSR count). The number of halogens is 1. The molecule has 236 valence electrons. The average Bonchev–Trinajstić information content (AvgIpc) is 3.54. The molecule has 46 heavy (non-hydrogen) atoms. The summed E-state index contributed by atoms with van der Waals surface area (Å²) in [4.78, 5) is 69.5. The lowest BCUT2D eigenvalue weighted by Gasteiger charge is -2.31. The Morgan fingerprint density at radius 1 is 1.00 bits per heavy atom. The molecule has 2 aliphatic heterocycles. The van der Waals surface area contributed by atoms with Gasteiger partial charge in [-0.1, -0.05) is 39.0 Å². The van der Waals surface area contributed by atoms with Gasteiger partial charge in [-0.2, -0.15) is 0 Å².